The molecule has 0 bridgehead atoms. The van der Waals surface area contributed by atoms with Gasteiger partial charge in [-0.2, -0.15) is 0 Å². The van der Waals surface area contributed by atoms with Crippen molar-refractivity contribution in [3.8, 4) is 0 Å². The van der Waals surface area contributed by atoms with Crippen LogP contribution < -0.4 is 11.1 Å². The summed E-state index contributed by atoms with van der Waals surface area (Å²) in [6, 6.07) is 0.517. The molecule has 1 heterocycles. The lowest BCUT2D eigenvalue weighted by atomic mass is 9.98. The molecule has 16 heavy (non-hydrogen) atoms. The van der Waals surface area contributed by atoms with Crippen molar-refractivity contribution in [3.05, 3.63) is 0 Å². The molecule has 0 aromatic heterocycles. The van der Waals surface area contributed by atoms with Crippen molar-refractivity contribution >= 4 is 5.91 Å². The fraction of sp³-hybridized carbons (Fsp3) is 0.917. The molecule has 3 N–H and O–H groups in total. The third kappa shape index (κ3) is 3.76. The van der Waals surface area contributed by atoms with Crippen molar-refractivity contribution in [2.24, 2.45) is 5.73 Å². The Morgan fingerprint density at radius 1 is 1.62 bits per heavy atom. The molecule has 3 atom stereocenters. The number of piperidine rings is 1. The molecule has 0 aromatic carbocycles. The van der Waals surface area contributed by atoms with Gasteiger partial charge in [-0.25, -0.2) is 0 Å². The Kier molecular flexibility index (Phi) is 5.22. The SMILES string of the molecule is CCC[C@H](N)C(=O)NC1CCN(C)C(C)C1. The number of nitrogens with two attached hydrogens (primary N) is 1. The number of nitrogens with zero attached hydrogens (tertiary/aromatic N) is 1. The molecule has 2 unspecified atom stereocenters. The van der Waals surface area contributed by atoms with E-state index >= 15 is 0 Å². The molecule has 0 spiro atoms. The molecule has 4 nitrogen and oxygen atoms in total. The van der Waals surface area contributed by atoms with E-state index in [9.17, 15) is 4.79 Å². The molecule has 1 aliphatic heterocycles. The minimum atomic E-state index is -0.333. The number of rotatable bonds is 4. The zero-order valence-electron chi connectivity index (χ0n) is 10.7. The van der Waals surface area contributed by atoms with Gasteiger partial charge >= 0.3 is 0 Å². The Hall–Kier alpha value is -0.610. The maximum Gasteiger partial charge on any atom is 0.237 e. The molecule has 0 saturated carbocycles. The van der Waals surface area contributed by atoms with Gasteiger partial charge < -0.3 is 16.0 Å². The van der Waals surface area contributed by atoms with Crippen molar-refractivity contribution in [3.63, 3.8) is 0 Å². The molecule has 1 aliphatic rings. The molecule has 0 radical (unpaired) electrons. The Morgan fingerprint density at radius 3 is 2.88 bits per heavy atom. The van der Waals surface area contributed by atoms with Crippen LogP contribution in [0, 0.1) is 0 Å². The van der Waals surface area contributed by atoms with Gasteiger partial charge in [0.1, 0.15) is 0 Å². The van der Waals surface area contributed by atoms with Gasteiger partial charge in [0, 0.05) is 18.6 Å². The lowest BCUT2D eigenvalue weighted by Gasteiger charge is -2.35. The number of carbonyl (C=O) groups is 1. The van der Waals surface area contributed by atoms with Gasteiger partial charge in [-0.1, -0.05) is 13.3 Å². The van der Waals surface area contributed by atoms with E-state index in [1.54, 1.807) is 0 Å². The van der Waals surface area contributed by atoms with E-state index in [1.807, 2.05) is 6.92 Å². The second kappa shape index (κ2) is 6.21. The quantitative estimate of drug-likeness (QED) is 0.744. The highest BCUT2D eigenvalue weighted by Gasteiger charge is 2.25. The highest BCUT2D eigenvalue weighted by atomic mass is 16.2. The van der Waals surface area contributed by atoms with Crippen LogP contribution in [0.1, 0.15) is 39.5 Å². The smallest absolute Gasteiger partial charge is 0.237 e. The predicted molar refractivity (Wildman–Crippen MR) is 66.1 cm³/mol. The third-order valence-electron chi connectivity index (χ3n) is 3.49. The average Bonchev–Trinajstić information content (AvgIpc) is 2.24. The zero-order valence-corrected chi connectivity index (χ0v) is 10.7. The minimum Gasteiger partial charge on any atom is -0.352 e. The molecule has 1 saturated heterocycles. The van der Waals surface area contributed by atoms with Crippen LogP contribution in [-0.2, 0) is 4.79 Å². The molecular formula is C12H25N3O. The molecule has 1 amide bonds. The number of hydrogen-bond donors (Lipinski definition) is 2. The van der Waals surface area contributed by atoms with Gasteiger partial charge in [0.2, 0.25) is 5.91 Å². The van der Waals surface area contributed by atoms with E-state index < -0.39 is 0 Å². The summed E-state index contributed by atoms with van der Waals surface area (Å²) in [6.45, 7) is 5.30. The summed E-state index contributed by atoms with van der Waals surface area (Å²) in [5, 5.41) is 3.06. The molecule has 94 valence electrons. The summed E-state index contributed by atoms with van der Waals surface area (Å²) in [6.07, 6.45) is 3.79. The monoisotopic (exact) mass is 227 g/mol. The summed E-state index contributed by atoms with van der Waals surface area (Å²) in [7, 11) is 2.13. The Balaban J connectivity index is 2.34. The van der Waals surface area contributed by atoms with Crippen LogP contribution in [0.3, 0.4) is 0 Å². The molecule has 1 fully saturated rings. The van der Waals surface area contributed by atoms with E-state index in [4.69, 9.17) is 5.73 Å². The molecule has 4 heteroatoms. The van der Waals surface area contributed by atoms with Crippen molar-refractivity contribution in [2.45, 2.75) is 57.7 Å². The van der Waals surface area contributed by atoms with Crippen molar-refractivity contribution in [1.82, 2.24) is 10.2 Å². The van der Waals surface area contributed by atoms with E-state index in [1.165, 1.54) is 0 Å². The van der Waals surface area contributed by atoms with E-state index in [0.717, 1.165) is 32.2 Å². The third-order valence-corrected chi connectivity index (χ3v) is 3.49. The zero-order chi connectivity index (χ0) is 12.1. The van der Waals surface area contributed by atoms with Gasteiger partial charge in [-0.15, -0.1) is 0 Å². The summed E-state index contributed by atoms with van der Waals surface area (Å²) >= 11 is 0. The first kappa shape index (κ1) is 13.5. The fourth-order valence-electron chi connectivity index (χ4n) is 2.17. The van der Waals surface area contributed by atoms with Crippen LogP contribution in [0.5, 0.6) is 0 Å². The number of nitrogens with one attached hydrogen (secondary N) is 1. The highest BCUT2D eigenvalue weighted by Crippen LogP contribution is 2.15. The first-order valence-corrected chi connectivity index (χ1v) is 6.30. The van der Waals surface area contributed by atoms with Crippen molar-refractivity contribution in [1.29, 1.82) is 0 Å². The molecule has 0 aromatic rings. The van der Waals surface area contributed by atoms with Crippen LogP contribution in [0.25, 0.3) is 0 Å². The summed E-state index contributed by atoms with van der Waals surface area (Å²) in [5.74, 6) is 0.0172. The topological polar surface area (TPSA) is 58.4 Å². The lowest BCUT2D eigenvalue weighted by molar-refractivity contribution is -0.123. The highest BCUT2D eigenvalue weighted by molar-refractivity contribution is 5.81. The van der Waals surface area contributed by atoms with Crippen LogP contribution in [0.2, 0.25) is 0 Å². The second-order valence-electron chi connectivity index (χ2n) is 4.95. The van der Waals surface area contributed by atoms with Crippen LogP contribution >= 0.6 is 0 Å². The number of hydrogen-bond acceptors (Lipinski definition) is 3. The normalized spacial score (nSPS) is 28.8. The van der Waals surface area contributed by atoms with Gasteiger partial charge in [-0.05, 0) is 33.2 Å². The maximum absolute atomic E-state index is 11.7. The Bertz CT molecular complexity index is 232. The summed E-state index contributed by atoms with van der Waals surface area (Å²) in [5.41, 5.74) is 5.78. The maximum atomic E-state index is 11.7. The first-order valence-electron chi connectivity index (χ1n) is 6.30. The number of carbonyl (C=O) groups excluding carboxylic acids is 1. The molecule has 0 aliphatic carbocycles. The van der Waals surface area contributed by atoms with Crippen LogP contribution in [-0.4, -0.2) is 42.5 Å². The fourth-order valence-corrected chi connectivity index (χ4v) is 2.17. The van der Waals surface area contributed by atoms with Gasteiger partial charge in [0.15, 0.2) is 0 Å². The second-order valence-corrected chi connectivity index (χ2v) is 4.95. The average molecular weight is 227 g/mol. The van der Waals surface area contributed by atoms with E-state index in [-0.39, 0.29) is 11.9 Å². The lowest BCUT2D eigenvalue weighted by Crippen LogP contribution is -2.51. The number of amides is 1. The predicted octanol–water partition coefficient (Wildman–Crippen LogP) is 0.713. The summed E-state index contributed by atoms with van der Waals surface area (Å²) in [4.78, 5) is 14.1. The van der Waals surface area contributed by atoms with Gasteiger partial charge in [0.25, 0.3) is 0 Å². The minimum absolute atomic E-state index is 0.0172. The largest absolute Gasteiger partial charge is 0.352 e. The molecular weight excluding hydrogens is 202 g/mol. The van der Waals surface area contributed by atoms with Crippen LogP contribution in [0.15, 0.2) is 0 Å². The standard InChI is InChI=1S/C12H25N3O/c1-4-5-11(13)12(16)14-10-6-7-15(3)9(2)8-10/h9-11H,4-8,13H2,1-3H3,(H,14,16)/t9?,10?,11-/m0/s1. The Labute approximate surface area is 98.6 Å². The van der Waals surface area contributed by atoms with Crippen LogP contribution in [0.4, 0.5) is 0 Å². The number of likely N-dealkylation sites (tertiary alicyclic amines) is 1. The summed E-state index contributed by atoms with van der Waals surface area (Å²) < 4.78 is 0. The first-order chi connectivity index (χ1) is 7.54. The van der Waals surface area contributed by atoms with Crippen molar-refractivity contribution in [2.75, 3.05) is 13.6 Å². The molecule has 1 rings (SSSR count). The van der Waals surface area contributed by atoms with Gasteiger partial charge in [0.05, 0.1) is 6.04 Å². The van der Waals surface area contributed by atoms with Gasteiger partial charge in [-0.3, -0.25) is 4.79 Å². The van der Waals surface area contributed by atoms with E-state index in [0.29, 0.717) is 12.1 Å². The van der Waals surface area contributed by atoms with E-state index in [2.05, 4.69) is 24.2 Å². The van der Waals surface area contributed by atoms with Crippen molar-refractivity contribution < 1.29 is 4.79 Å². The Morgan fingerprint density at radius 2 is 2.31 bits per heavy atom.